The number of anilines is 2. The fourth-order valence-electron chi connectivity index (χ4n) is 1.64. The zero-order chi connectivity index (χ0) is 15.3. The smallest absolute Gasteiger partial charge is 0.261 e. The van der Waals surface area contributed by atoms with Crippen LogP contribution in [0.5, 0.6) is 0 Å². The molecule has 0 aliphatic heterocycles. The van der Waals surface area contributed by atoms with Gasteiger partial charge < -0.3 is 5.32 Å². The lowest BCUT2D eigenvalue weighted by Crippen LogP contribution is -2.13. The van der Waals surface area contributed by atoms with Crippen molar-refractivity contribution in [2.75, 3.05) is 16.6 Å². The fourth-order valence-corrected chi connectivity index (χ4v) is 2.81. The van der Waals surface area contributed by atoms with E-state index in [-0.39, 0.29) is 4.90 Å². The molecule has 0 atom stereocenters. The maximum absolute atomic E-state index is 12.2. The average molecular weight is 326 g/mol. The van der Waals surface area contributed by atoms with Gasteiger partial charge >= 0.3 is 0 Å². The van der Waals surface area contributed by atoms with Gasteiger partial charge in [-0.1, -0.05) is 18.5 Å². The van der Waals surface area contributed by atoms with Crippen LogP contribution in [0.25, 0.3) is 0 Å². The van der Waals surface area contributed by atoms with Gasteiger partial charge in [-0.05, 0) is 42.8 Å². The lowest BCUT2D eigenvalue weighted by atomic mass is 10.4. The molecule has 2 aromatic rings. The van der Waals surface area contributed by atoms with Gasteiger partial charge in [-0.2, -0.15) is 0 Å². The Labute approximate surface area is 129 Å². The first-order valence-electron chi connectivity index (χ1n) is 6.49. The Hall–Kier alpha value is -1.79. The molecule has 0 radical (unpaired) electrons. The van der Waals surface area contributed by atoms with Crippen LogP contribution in [0.2, 0.25) is 5.02 Å². The number of pyridine rings is 1. The lowest BCUT2D eigenvalue weighted by Gasteiger charge is -2.09. The number of hydrogen-bond acceptors (Lipinski definition) is 4. The summed E-state index contributed by atoms with van der Waals surface area (Å²) >= 11 is 5.75. The molecule has 0 aliphatic carbocycles. The number of sulfonamides is 1. The number of halogens is 1. The van der Waals surface area contributed by atoms with Crippen LogP contribution in [0.1, 0.15) is 13.3 Å². The van der Waals surface area contributed by atoms with Gasteiger partial charge in [-0.15, -0.1) is 0 Å². The van der Waals surface area contributed by atoms with E-state index in [0.717, 1.165) is 13.0 Å². The summed E-state index contributed by atoms with van der Waals surface area (Å²) in [5.41, 5.74) is 0.409. The second-order valence-electron chi connectivity index (χ2n) is 4.42. The first kappa shape index (κ1) is 15.6. The topological polar surface area (TPSA) is 71.1 Å². The van der Waals surface area contributed by atoms with E-state index in [2.05, 4.69) is 21.9 Å². The molecule has 0 amide bonds. The van der Waals surface area contributed by atoms with Crippen LogP contribution in [0.3, 0.4) is 0 Å². The largest absolute Gasteiger partial charge is 0.370 e. The third-order valence-corrected chi connectivity index (χ3v) is 4.34. The first-order chi connectivity index (χ1) is 10.0. The monoisotopic (exact) mass is 325 g/mol. The van der Waals surface area contributed by atoms with E-state index in [1.807, 2.05) is 0 Å². The predicted octanol–water partition coefficient (Wildman–Crippen LogP) is 3.36. The minimum Gasteiger partial charge on any atom is -0.370 e. The molecule has 1 heterocycles. The van der Waals surface area contributed by atoms with E-state index in [4.69, 9.17) is 11.6 Å². The van der Waals surface area contributed by atoms with Crippen LogP contribution >= 0.6 is 11.6 Å². The van der Waals surface area contributed by atoms with Gasteiger partial charge in [0.15, 0.2) is 0 Å². The standard InChI is InChI=1S/C14H16ClN3O2S/c1-2-9-16-14-8-5-12(10-17-14)18-21(19,20)13-6-3-11(15)4-7-13/h3-8,10,18H,2,9H2,1H3,(H,16,17). The number of benzene rings is 1. The van der Waals surface area contributed by atoms with Crippen LogP contribution < -0.4 is 10.0 Å². The summed E-state index contributed by atoms with van der Waals surface area (Å²) in [7, 11) is -3.63. The van der Waals surface area contributed by atoms with Crippen LogP contribution in [0.4, 0.5) is 11.5 Å². The van der Waals surface area contributed by atoms with Crippen molar-refractivity contribution in [2.45, 2.75) is 18.2 Å². The van der Waals surface area contributed by atoms with E-state index in [1.165, 1.54) is 30.5 Å². The van der Waals surface area contributed by atoms with Crippen molar-refractivity contribution in [3.05, 3.63) is 47.6 Å². The molecule has 0 bridgehead atoms. The quantitative estimate of drug-likeness (QED) is 0.854. The normalized spacial score (nSPS) is 11.1. The number of nitrogens with zero attached hydrogens (tertiary/aromatic N) is 1. The SMILES string of the molecule is CCCNc1ccc(NS(=O)(=O)c2ccc(Cl)cc2)cn1. The summed E-state index contributed by atoms with van der Waals surface area (Å²) in [5.74, 6) is 0.714. The van der Waals surface area contributed by atoms with Crippen LogP contribution in [-0.2, 0) is 10.0 Å². The molecule has 1 aromatic carbocycles. The first-order valence-corrected chi connectivity index (χ1v) is 8.35. The molecule has 5 nitrogen and oxygen atoms in total. The van der Waals surface area contributed by atoms with Crippen molar-refractivity contribution in [2.24, 2.45) is 0 Å². The van der Waals surface area contributed by atoms with Gasteiger partial charge in [-0.25, -0.2) is 13.4 Å². The molecular weight excluding hydrogens is 310 g/mol. The highest BCUT2D eigenvalue weighted by Crippen LogP contribution is 2.18. The maximum Gasteiger partial charge on any atom is 0.261 e. The number of aromatic nitrogens is 1. The van der Waals surface area contributed by atoms with Crippen molar-refractivity contribution in [3.8, 4) is 0 Å². The van der Waals surface area contributed by atoms with Gasteiger partial charge in [-0.3, -0.25) is 4.72 Å². The van der Waals surface area contributed by atoms with Crippen LogP contribution in [0, 0.1) is 0 Å². The Kier molecular flexibility index (Phi) is 5.03. The van der Waals surface area contributed by atoms with E-state index in [0.29, 0.717) is 16.5 Å². The van der Waals surface area contributed by atoms with Crippen LogP contribution in [-0.4, -0.2) is 19.9 Å². The molecule has 0 fully saturated rings. The summed E-state index contributed by atoms with van der Waals surface area (Å²) in [6.45, 7) is 2.88. The van der Waals surface area contributed by atoms with Gasteiger partial charge in [0, 0.05) is 11.6 Å². The van der Waals surface area contributed by atoms with Gasteiger partial charge in [0.2, 0.25) is 0 Å². The molecule has 7 heteroatoms. The Morgan fingerprint density at radius 1 is 1.14 bits per heavy atom. The number of hydrogen-bond donors (Lipinski definition) is 2. The highest BCUT2D eigenvalue weighted by molar-refractivity contribution is 7.92. The molecule has 0 spiro atoms. The van der Waals surface area contributed by atoms with Crippen molar-refractivity contribution >= 4 is 33.1 Å². The second kappa shape index (κ2) is 6.78. The van der Waals surface area contributed by atoms with Crippen molar-refractivity contribution < 1.29 is 8.42 Å². The van der Waals surface area contributed by atoms with Gasteiger partial charge in [0.25, 0.3) is 10.0 Å². The summed E-state index contributed by atoms with van der Waals surface area (Å²) in [5, 5.41) is 3.61. The zero-order valence-corrected chi connectivity index (χ0v) is 13.1. The Morgan fingerprint density at radius 3 is 2.43 bits per heavy atom. The van der Waals surface area contributed by atoms with Gasteiger partial charge in [0.1, 0.15) is 5.82 Å². The number of nitrogens with one attached hydrogen (secondary N) is 2. The van der Waals surface area contributed by atoms with Crippen molar-refractivity contribution in [1.29, 1.82) is 0 Å². The third kappa shape index (κ3) is 4.34. The van der Waals surface area contributed by atoms with Crippen molar-refractivity contribution in [3.63, 3.8) is 0 Å². The molecule has 0 aliphatic rings. The minimum absolute atomic E-state index is 0.153. The molecule has 1 aromatic heterocycles. The molecule has 21 heavy (non-hydrogen) atoms. The zero-order valence-electron chi connectivity index (χ0n) is 11.5. The highest BCUT2D eigenvalue weighted by atomic mass is 35.5. The maximum atomic E-state index is 12.2. The van der Waals surface area contributed by atoms with E-state index in [9.17, 15) is 8.42 Å². The average Bonchev–Trinajstić information content (AvgIpc) is 2.47. The Bertz CT molecular complexity index is 685. The lowest BCUT2D eigenvalue weighted by molar-refractivity contribution is 0.601. The fraction of sp³-hybridized carbons (Fsp3) is 0.214. The molecule has 0 unspecified atom stereocenters. The predicted molar refractivity (Wildman–Crippen MR) is 85.3 cm³/mol. The third-order valence-electron chi connectivity index (χ3n) is 2.70. The molecule has 112 valence electrons. The summed E-state index contributed by atoms with van der Waals surface area (Å²) in [6.07, 6.45) is 2.47. The number of rotatable bonds is 6. The molecule has 2 N–H and O–H groups in total. The molecule has 2 rings (SSSR count). The van der Waals surface area contributed by atoms with E-state index in [1.54, 1.807) is 12.1 Å². The minimum atomic E-state index is -3.63. The van der Waals surface area contributed by atoms with Gasteiger partial charge in [0.05, 0.1) is 16.8 Å². The van der Waals surface area contributed by atoms with Crippen LogP contribution in [0.15, 0.2) is 47.5 Å². The van der Waals surface area contributed by atoms with Crippen molar-refractivity contribution in [1.82, 2.24) is 4.98 Å². The summed E-state index contributed by atoms with van der Waals surface area (Å²) < 4.78 is 26.8. The molecule has 0 saturated heterocycles. The Morgan fingerprint density at radius 2 is 1.86 bits per heavy atom. The highest BCUT2D eigenvalue weighted by Gasteiger charge is 2.14. The second-order valence-corrected chi connectivity index (χ2v) is 6.54. The Balaban J connectivity index is 2.11. The molecular formula is C14H16ClN3O2S. The summed E-state index contributed by atoms with van der Waals surface area (Å²) in [4.78, 5) is 4.30. The van der Waals surface area contributed by atoms with E-state index >= 15 is 0 Å². The molecule has 0 saturated carbocycles. The summed E-state index contributed by atoms with van der Waals surface area (Å²) in [6, 6.07) is 9.37. The van der Waals surface area contributed by atoms with E-state index < -0.39 is 10.0 Å².